The van der Waals surface area contributed by atoms with Crippen molar-refractivity contribution in [1.82, 2.24) is 14.8 Å². The molecular weight excluding hydrogens is 384 g/mol. The van der Waals surface area contributed by atoms with Gasteiger partial charge in [0.05, 0.1) is 0 Å². The Morgan fingerprint density at radius 1 is 1.10 bits per heavy atom. The molecule has 5 nitrogen and oxygen atoms in total. The maximum absolute atomic E-state index is 10.5. The molecule has 0 saturated heterocycles. The van der Waals surface area contributed by atoms with Crippen LogP contribution in [0.25, 0.3) is 0 Å². The molecule has 31 heavy (non-hydrogen) atoms. The van der Waals surface area contributed by atoms with Gasteiger partial charge in [-0.25, -0.2) is 0 Å². The second kappa shape index (κ2) is 14.0. The minimum absolute atomic E-state index is 0.421. The highest BCUT2D eigenvalue weighted by Gasteiger charge is 2.29. The van der Waals surface area contributed by atoms with Crippen LogP contribution < -0.4 is 5.32 Å². The van der Waals surface area contributed by atoms with E-state index < -0.39 is 0 Å². The van der Waals surface area contributed by atoms with E-state index in [0.717, 1.165) is 30.8 Å². The zero-order chi connectivity index (χ0) is 23.3. The van der Waals surface area contributed by atoms with Crippen LogP contribution in [0.2, 0.25) is 0 Å². The van der Waals surface area contributed by atoms with Crippen LogP contribution in [-0.2, 0) is 17.6 Å². The van der Waals surface area contributed by atoms with Gasteiger partial charge in [-0.1, -0.05) is 58.7 Å². The molecule has 0 spiro atoms. The number of aryl methyl sites for hydroxylation is 3. The summed E-state index contributed by atoms with van der Waals surface area (Å²) in [4.78, 5) is 10.5. The number of carbonyl (C=O) groups excluding carboxylic acids is 1. The van der Waals surface area contributed by atoms with Crippen LogP contribution in [0.5, 0.6) is 0 Å². The van der Waals surface area contributed by atoms with Gasteiger partial charge in [0.1, 0.15) is 17.9 Å². The highest BCUT2D eigenvalue weighted by molar-refractivity contribution is 5.49. The molecule has 1 aromatic carbocycles. The molecular formula is C26H44N4O. The second-order valence-corrected chi connectivity index (χ2v) is 8.83. The summed E-state index contributed by atoms with van der Waals surface area (Å²) in [5.74, 6) is 2.13. The van der Waals surface area contributed by atoms with E-state index in [1.807, 2.05) is 20.9 Å². The largest absolute Gasteiger partial charge is 0.388 e. The first-order valence-corrected chi connectivity index (χ1v) is 12.0. The first-order chi connectivity index (χ1) is 14.9. The van der Waals surface area contributed by atoms with Crippen LogP contribution in [0.15, 0.2) is 24.3 Å². The van der Waals surface area contributed by atoms with Crippen LogP contribution in [0.4, 0.5) is 5.69 Å². The zero-order valence-electron chi connectivity index (χ0n) is 20.9. The summed E-state index contributed by atoms with van der Waals surface area (Å²) >= 11 is 0. The van der Waals surface area contributed by atoms with Crippen molar-refractivity contribution in [2.45, 2.75) is 99.0 Å². The number of aldehydes is 1. The lowest BCUT2D eigenvalue weighted by atomic mass is 9.85. The number of aromatic nitrogens is 3. The average Bonchev–Trinajstić information content (AvgIpc) is 3.55. The van der Waals surface area contributed by atoms with E-state index >= 15 is 0 Å². The molecule has 1 aliphatic rings. The fourth-order valence-corrected chi connectivity index (χ4v) is 3.27. The summed E-state index contributed by atoms with van der Waals surface area (Å²) in [6, 6.07) is 8.91. The Bertz CT molecular complexity index is 745. The third kappa shape index (κ3) is 9.67. The van der Waals surface area contributed by atoms with Gasteiger partial charge in [-0.05, 0) is 50.2 Å². The molecule has 1 aliphatic carbocycles. The van der Waals surface area contributed by atoms with Crippen molar-refractivity contribution in [2.75, 3.05) is 12.4 Å². The number of hydrogen-bond acceptors (Lipinski definition) is 4. The van der Waals surface area contributed by atoms with Crippen LogP contribution in [0.3, 0.4) is 0 Å². The van der Waals surface area contributed by atoms with Gasteiger partial charge in [-0.2, -0.15) is 0 Å². The van der Waals surface area contributed by atoms with Crippen molar-refractivity contribution in [1.29, 1.82) is 0 Å². The Balaban J connectivity index is 0.000000365. The van der Waals surface area contributed by atoms with Gasteiger partial charge in [0.2, 0.25) is 0 Å². The Morgan fingerprint density at radius 2 is 1.68 bits per heavy atom. The lowest BCUT2D eigenvalue weighted by Crippen LogP contribution is -2.11. The van der Waals surface area contributed by atoms with Gasteiger partial charge >= 0.3 is 0 Å². The summed E-state index contributed by atoms with van der Waals surface area (Å²) in [6.45, 7) is 13.0. The number of hydrogen-bond donors (Lipinski definition) is 1. The highest BCUT2D eigenvalue weighted by Crippen LogP contribution is 2.37. The Hall–Kier alpha value is -2.17. The van der Waals surface area contributed by atoms with E-state index in [2.05, 4.69) is 72.0 Å². The number of benzene rings is 1. The lowest BCUT2D eigenvalue weighted by Gasteiger charge is -2.22. The van der Waals surface area contributed by atoms with E-state index in [-0.39, 0.29) is 0 Å². The Morgan fingerprint density at radius 3 is 2.16 bits per heavy atom. The van der Waals surface area contributed by atoms with E-state index in [1.165, 1.54) is 43.4 Å². The third-order valence-corrected chi connectivity index (χ3v) is 5.79. The fourth-order valence-electron chi connectivity index (χ4n) is 3.27. The Labute approximate surface area is 190 Å². The molecule has 1 fully saturated rings. The molecule has 5 heteroatoms. The average molecular weight is 429 g/mol. The molecule has 0 atom stereocenters. The van der Waals surface area contributed by atoms with Crippen molar-refractivity contribution in [2.24, 2.45) is 5.41 Å². The monoisotopic (exact) mass is 428 g/mol. The molecule has 174 valence electrons. The van der Waals surface area contributed by atoms with E-state index in [1.54, 1.807) is 0 Å². The summed E-state index contributed by atoms with van der Waals surface area (Å²) in [5, 5.41) is 11.7. The van der Waals surface area contributed by atoms with Crippen molar-refractivity contribution in [3.05, 3.63) is 41.5 Å². The van der Waals surface area contributed by atoms with Gasteiger partial charge in [0.15, 0.2) is 0 Å². The van der Waals surface area contributed by atoms with Crippen molar-refractivity contribution in [3.8, 4) is 0 Å². The molecule has 0 unspecified atom stereocenters. The topological polar surface area (TPSA) is 59.8 Å². The van der Waals surface area contributed by atoms with Gasteiger partial charge < -0.3 is 14.7 Å². The van der Waals surface area contributed by atoms with Crippen LogP contribution in [0, 0.1) is 12.3 Å². The SMILES string of the molecule is CC.CCC(C)(C)CCCc1nnc(CCC=O)n1C1CC1.CNc1ccc(C)cc1. The number of carbonyl (C=O) groups is 1. The Kier molecular flexibility index (Phi) is 12.1. The first-order valence-electron chi connectivity index (χ1n) is 12.0. The molecule has 1 heterocycles. The van der Waals surface area contributed by atoms with Crippen LogP contribution in [-0.4, -0.2) is 28.1 Å². The van der Waals surface area contributed by atoms with E-state index in [9.17, 15) is 4.79 Å². The minimum Gasteiger partial charge on any atom is -0.388 e. The molecule has 3 rings (SSSR count). The molecule has 1 N–H and O–H groups in total. The normalized spacial score (nSPS) is 12.9. The maximum Gasteiger partial charge on any atom is 0.133 e. The second-order valence-electron chi connectivity index (χ2n) is 8.83. The van der Waals surface area contributed by atoms with Gasteiger partial charge in [-0.3, -0.25) is 0 Å². The highest BCUT2D eigenvalue weighted by atomic mass is 16.1. The maximum atomic E-state index is 10.5. The number of nitrogens with one attached hydrogen (secondary N) is 1. The lowest BCUT2D eigenvalue weighted by molar-refractivity contribution is -0.107. The van der Waals surface area contributed by atoms with Gasteiger partial charge in [-0.15, -0.1) is 10.2 Å². The molecule has 0 amide bonds. The zero-order valence-corrected chi connectivity index (χ0v) is 20.9. The van der Waals surface area contributed by atoms with Crippen molar-refractivity contribution >= 4 is 12.0 Å². The molecule has 1 aromatic heterocycles. The van der Waals surface area contributed by atoms with E-state index in [0.29, 0.717) is 17.9 Å². The van der Waals surface area contributed by atoms with Crippen molar-refractivity contribution in [3.63, 3.8) is 0 Å². The summed E-state index contributed by atoms with van der Waals surface area (Å²) < 4.78 is 2.31. The third-order valence-electron chi connectivity index (χ3n) is 5.79. The summed E-state index contributed by atoms with van der Waals surface area (Å²) in [6.07, 6.45) is 9.33. The van der Waals surface area contributed by atoms with Crippen LogP contribution in [0.1, 0.15) is 96.4 Å². The van der Waals surface area contributed by atoms with Crippen LogP contribution >= 0.6 is 0 Å². The predicted octanol–water partition coefficient (Wildman–Crippen LogP) is 6.57. The number of nitrogens with zero attached hydrogens (tertiary/aromatic N) is 3. The minimum atomic E-state index is 0.421. The first kappa shape index (κ1) is 26.9. The van der Waals surface area contributed by atoms with Gasteiger partial charge in [0, 0.05) is 38.0 Å². The van der Waals surface area contributed by atoms with E-state index in [4.69, 9.17) is 0 Å². The summed E-state index contributed by atoms with van der Waals surface area (Å²) in [5.41, 5.74) is 2.89. The molecule has 0 aliphatic heterocycles. The molecule has 0 bridgehead atoms. The molecule has 1 saturated carbocycles. The molecule has 0 radical (unpaired) electrons. The number of anilines is 1. The van der Waals surface area contributed by atoms with Crippen molar-refractivity contribution < 1.29 is 4.79 Å². The standard InChI is InChI=1S/C16H27N3O.C8H11N.C2H6/c1-4-16(2,3)11-5-7-14-17-18-15(8-6-12-20)19(14)13-9-10-13;1-7-3-5-8(9-2)6-4-7;1-2/h12-13H,4-11H2,1-3H3;3-6,9H,1-2H3;1-2H3. The fraction of sp³-hybridized carbons (Fsp3) is 0.654. The summed E-state index contributed by atoms with van der Waals surface area (Å²) in [7, 11) is 1.92. The smallest absolute Gasteiger partial charge is 0.133 e. The quantitative estimate of drug-likeness (QED) is 0.435. The number of rotatable bonds is 10. The predicted molar refractivity (Wildman–Crippen MR) is 132 cm³/mol. The van der Waals surface area contributed by atoms with Gasteiger partial charge in [0.25, 0.3) is 0 Å². The molecule has 2 aromatic rings.